The number of aryl methyl sites for hydroxylation is 1. The molecular formula is C15H19N3O. The fourth-order valence-electron chi connectivity index (χ4n) is 2.37. The molecule has 1 aliphatic rings. The lowest BCUT2D eigenvalue weighted by Gasteiger charge is -2.16. The van der Waals surface area contributed by atoms with Crippen molar-refractivity contribution in [3.8, 4) is 5.69 Å². The van der Waals surface area contributed by atoms with E-state index in [1.54, 1.807) is 0 Å². The summed E-state index contributed by atoms with van der Waals surface area (Å²) in [5, 5.41) is 12.8. The maximum absolute atomic E-state index is 9.34. The standard InChI is InChI=1S/C15H19N3O/c1-12-16-9-14(10-17-15(11-19)7-8-15)18(12)13-5-3-2-4-6-13/h2-6,9,17,19H,7-8,10-11H2,1H3. The van der Waals surface area contributed by atoms with E-state index in [9.17, 15) is 5.11 Å². The van der Waals surface area contributed by atoms with Crippen LogP contribution in [-0.2, 0) is 6.54 Å². The van der Waals surface area contributed by atoms with E-state index in [0.29, 0.717) is 0 Å². The monoisotopic (exact) mass is 257 g/mol. The zero-order chi connectivity index (χ0) is 13.3. The highest BCUT2D eigenvalue weighted by molar-refractivity contribution is 5.35. The van der Waals surface area contributed by atoms with Gasteiger partial charge in [0, 0.05) is 17.8 Å². The first-order chi connectivity index (χ1) is 9.24. The van der Waals surface area contributed by atoms with Crippen molar-refractivity contribution in [1.82, 2.24) is 14.9 Å². The Kier molecular flexibility index (Phi) is 3.12. The van der Waals surface area contributed by atoms with E-state index in [1.807, 2.05) is 31.3 Å². The van der Waals surface area contributed by atoms with Crippen molar-refractivity contribution in [2.75, 3.05) is 6.61 Å². The number of para-hydroxylation sites is 1. The molecule has 0 amide bonds. The molecule has 0 aliphatic heterocycles. The average molecular weight is 257 g/mol. The lowest BCUT2D eigenvalue weighted by molar-refractivity contribution is 0.229. The summed E-state index contributed by atoms with van der Waals surface area (Å²) in [4.78, 5) is 4.40. The maximum Gasteiger partial charge on any atom is 0.110 e. The third-order valence-electron chi connectivity index (χ3n) is 3.83. The molecule has 0 radical (unpaired) electrons. The fraction of sp³-hybridized carbons (Fsp3) is 0.400. The number of aliphatic hydroxyl groups excluding tert-OH is 1. The van der Waals surface area contributed by atoms with Crippen molar-refractivity contribution < 1.29 is 5.11 Å². The second-order valence-corrected chi connectivity index (χ2v) is 5.26. The van der Waals surface area contributed by atoms with Gasteiger partial charge in [0.15, 0.2) is 0 Å². The molecule has 100 valence electrons. The Labute approximate surface area is 113 Å². The zero-order valence-electron chi connectivity index (χ0n) is 11.1. The largest absolute Gasteiger partial charge is 0.394 e. The summed E-state index contributed by atoms with van der Waals surface area (Å²) < 4.78 is 2.15. The van der Waals surface area contributed by atoms with E-state index >= 15 is 0 Å². The van der Waals surface area contributed by atoms with E-state index in [-0.39, 0.29) is 12.1 Å². The van der Waals surface area contributed by atoms with Crippen LogP contribution in [0.5, 0.6) is 0 Å². The van der Waals surface area contributed by atoms with Gasteiger partial charge >= 0.3 is 0 Å². The predicted octanol–water partition coefficient (Wildman–Crippen LogP) is 1.80. The first-order valence-electron chi connectivity index (χ1n) is 6.69. The van der Waals surface area contributed by atoms with Gasteiger partial charge in [-0.25, -0.2) is 4.98 Å². The van der Waals surface area contributed by atoms with Gasteiger partial charge in [0.1, 0.15) is 5.82 Å². The number of hydrogen-bond acceptors (Lipinski definition) is 3. The Bertz CT molecular complexity index is 558. The topological polar surface area (TPSA) is 50.1 Å². The molecule has 1 heterocycles. The molecule has 2 aromatic rings. The lowest BCUT2D eigenvalue weighted by Crippen LogP contribution is -2.34. The summed E-state index contributed by atoms with van der Waals surface area (Å²) in [5.74, 6) is 0.983. The summed E-state index contributed by atoms with van der Waals surface area (Å²) >= 11 is 0. The number of rotatable bonds is 5. The van der Waals surface area contributed by atoms with Gasteiger partial charge in [-0.3, -0.25) is 4.57 Å². The number of nitrogens with zero attached hydrogens (tertiary/aromatic N) is 2. The summed E-state index contributed by atoms with van der Waals surface area (Å²) in [6.07, 6.45) is 4.02. The van der Waals surface area contributed by atoms with Gasteiger partial charge in [-0.15, -0.1) is 0 Å². The van der Waals surface area contributed by atoms with Gasteiger partial charge in [-0.2, -0.15) is 0 Å². The molecule has 1 aromatic carbocycles. The number of aliphatic hydroxyl groups is 1. The van der Waals surface area contributed by atoms with Crippen molar-refractivity contribution in [2.24, 2.45) is 0 Å². The first-order valence-corrected chi connectivity index (χ1v) is 6.69. The van der Waals surface area contributed by atoms with Crippen molar-refractivity contribution in [1.29, 1.82) is 0 Å². The summed E-state index contributed by atoms with van der Waals surface area (Å²) in [5.41, 5.74) is 2.21. The molecule has 1 saturated carbocycles. The Balaban J connectivity index is 1.83. The molecule has 2 N–H and O–H groups in total. The maximum atomic E-state index is 9.34. The Morgan fingerprint density at radius 1 is 1.32 bits per heavy atom. The van der Waals surface area contributed by atoms with Gasteiger partial charge in [-0.1, -0.05) is 18.2 Å². The highest BCUT2D eigenvalue weighted by Crippen LogP contribution is 2.34. The van der Waals surface area contributed by atoms with Gasteiger partial charge in [-0.05, 0) is 31.9 Å². The first kappa shape index (κ1) is 12.4. The molecule has 0 unspecified atom stereocenters. The van der Waals surface area contributed by atoms with Gasteiger partial charge in [0.25, 0.3) is 0 Å². The summed E-state index contributed by atoms with van der Waals surface area (Å²) in [6.45, 7) is 2.96. The van der Waals surface area contributed by atoms with Crippen LogP contribution in [0.25, 0.3) is 5.69 Å². The molecule has 0 spiro atoms. The normalized spacial score (nSPS) is 16.5. The molecule has 1 aliphatic carbocycles. The average Bonchev–Trinajstić information content (AvgIpc) is 3.15. The molecule has 0 saturated heterocycles. The molecule has 3 rings (SSSR count). The van der Waals surface area contributed by atoms with Crippen LogP contribution >= 0.6 is 0 Å². The lowest BCUT2D eigenvalue weighted by atomic mass is 10.2. The van der Waals surface area contributed by atoms with Crippen molar-refractivity contribution in [3.05, 3.63) is 48.0 Å². The molecule has 0 atom stereocenters. The zero-order valence-corrected chi connectivity index (χ0v) is 11.1. The van der Waals surface area contributed by atoms with Crippen LogP contribution in [0.1, 0.15) is 24.4 Å². The Morgan fingerprint density at radius 3 is 2.68 bits per heavy atom. The van der Waals surface area contributed by atoms with Crippen LogP contribution in [0.4, 0.5) is 0 Å². The molecule has 4 nitrogen and oxygen atoms in total. The highest BCUT2D eigenvalue weighted by Gasteiger charge is 2.41. The fourth-order valence-corrected chi connectivity index (χ4v) is 2.37. The second-order valence-electron chi connectivity index (χ2n) is 5.26. The molecular weight excluding hydrogens is 238 g/mol. The third kappa shape index (κ3) is 2.41. The van der Waals surface area contributed by atoms with Crippen LogP contribution in [0, 0.1) is 6.92 Å². The van der Waals surface area contributed by atoms with E-state index in [4.69, 9.17) is 0 Å². The van der Waals surface area contributed by atoms with E-state index in [2.05, 4.69) is 27.0 Å². The Morgan fingerprint density at radius 2 is 2.05 bits per heavy atom. The van der Waals surface area contributed by atoms with E-state index < -0.39 is 0 Å². The van der Waals surface area contributed by atoms with Crippen LogP contribution in [0.3, 0.4) is 0 Å². The number of imidazole rings is 1. The van der Waals surface area contributed by atoms with Crippen LogP contribution in [-0.4, -0.2) is 26.8 Å². The minimum Gasteiger partial charge on any atom is -0.394 e. The van der Waals surface area contributed by atoms with Gasteiger partial charge in [0.2, 0.25) is 0 Å². The number of nitrogens with one attached hydrogen (secondary N) is 1. The van der Waals surface area contributed by atoms with E-state index in [0.717, 1.165) is 36.6 Å². The minimum absolute atomic E-state index is 0.0420. The van der Waals surface area contributed by atoms with Crippen molar-refractivity contribution in [2.45, 2.75) is 31.8 Å². The molecule has 0 bridgehead atoms. The number of hydrogen-bond donors (Lipinski definition) is 2. The second kappa shape index (κ2) is 4.79. The van der Waals surface area contributed by atoms with Crippen LogP contribution < -0.4 is 5.32 Å². The molecule has 1 aromatic heterocycles. The predicted molar refractivity (Wildman–Crippen MR) is 74.2 cm³/mol. The number of benzene rings is 1. The SMILES string of the molecule is Cc1ncc(CNC2(CO)CC2)n1-c1ccccc1. The third-order valence-corrected chi connectivity index (χ3v) is 3.83. The Hall–Kier alpha value is -1.65. The van der Waals surface area contributed by atoms with Crippen molar-refractivity contribution in [3.63, 3.8) is 0 Å². The van der Waals surface area contributed by atoms with Gasteiger partial charge < -0.3 is 10.4 Å². The quantitative estimate of drug-likeness (QED) is 0.858. The summed E-state index contributed by atoms with van der Waals surface area (Å²) in [6, 6.07) is 10.2. The van der Waals surface area contributed by atoms with E-state index in [1.165, 1.54) is 0 Å². The van der Waals surface area contributed by atoms with Gasteiger partial charge in [0.05, 0.1) is 18.5 Å². The summed E-state index contributed by atoms with van der Waals surface area (Å²) in [7, 11) is 0. The molecule has 19 heavy (non-hydrogen) atoms. The smallest absolute Gasteiger partial charge is 0.110 e. The number of aromatic nitrogens is 2. The minimum atomic E-state index is -0.0420. The highest BCUT2D eigenvalue weighted by atomic mass is 16.3. The molecule has 4 heteroatoms. The molecule has 1 fully saturated rings. The van der Waals surface area contributed by atoms with Crippen molar-refractivity contribution >= 4 is 0 Å². The van der Waals surface area contributed by atoms with Crippen LogP contribution in [0.15, 0.2) is 36.5 Å². The van der Waals surface area contributed by atoms with Crippen LogP contribution in [0.2, 0.25) is 0 Å².